The molecule has 2 heteroatoms. The minimum atomic E-state index is 0.655. The summed E-state index contributed by atoms with van der Waals surface area (Å²) < 4.78 is 1.18. The Morgan fingerprint density at radius 3 is 2.65 bits per heavy atom. The first-order valence-corrected chi connectivity index (χ1v) is 7.19. The van der Waals surface area contributed by atoms with Gasteiger partial charge in [0.05, 0.1) is 11.2 Å². The number of nitrogens with zero attached hydrogens (tertiary/aromatic N) is 1. The third kappa shape index (κ3) is 2.23. The normalized spacial score (nSPS) is 17.5. The molecule has 0 N–H and O–H groups in total. The Hall–Kier alpha value is -0.890. The van der Waals surface area contributed by atoms with Crippen molar-refractivity contribution in [2.24, 2.45) is 0 Å². The zero-order valence-electron chi connectivity index (χ0n) is 9.82. The minimum absolute atomic E-state index is 0.655. The van der Waals surface area contributed by atoms with Crippen molar-refractivity contribution >= 4 is 26.8 Å². The molecule has 1 aromatic heterocycles. The number of pyridine rings is 1. The Balaban J connectivity index is 2.06. The molecule has 1 heterocycles. The average molecular weight is 290 g/mol. The van der Waals surface area contributed by atoms with Crippen LogP contribution >= 0.6 is 15.9 Å². The van der Waals surface area contributed by atoms with Gasteiger partial charge in [-0.1, -0.05) is 37.5 Å². The highest BCUT2D eigenvalue weighted by Crippen LogP contribution is 2.36. The minimum Gasteiger partial charge on any atom is -0.251 e. The Morgan fingerprint density at radius 1 is 1.06 bits per heavy atom. The zero-order chi connectivity index (χ0) is 11.7. The lowest BCUT2D eigenvalue weighted by molar-refractivity contribution is 0.436. The average Bonchev–Trinajstić information content (AvgIpc) is 2.39. The molecule has 1 aromatic carbocycles. The van der Waals surface area contributed by atoms with Gasteiger partial charge in [0.2, 0.25) is 0 Å². The smallest absolute Gasteiger partial charge is 0.0706 e. The summed E-state index contributed by atoms with van der Waals surface area (Å²) in [6.45, 7) is 0. The third-order valence-corrected chi connectivity index (χ3v) is 4.33. The van der Waals surface area contributed by atoms with E-state index in [1.807, 2.05) is 0 Å². The summed E-state index contributed by atoms with van der Waals surface area (Å²) in [4.78, 5) is 4.85. The number of rotatable bonds is 1. The molecule has 0 radical (unpaired) electrons. The van der Waals surface area contributed by atoms with E-state index in [9.17, 15) is 0 Å². The van der Waals surface area contributed by atoms with Crippen molar-refractivity contribution in [1.82, 2.24) is 4.98 Å². The predicted molar refractivity (Wildman–Crippen MR) is 75.3 cm³/mol. The van der Waals surface area contributed by atoms with Crippen molar-refractivity contribution in [3.05, 3.63) is 40.5 Å². The molecule has 1 saturated carbocycles. The van der Waals surface area contributed by atoms with Gasteiger partial charge >= 0.3 is 0 Å². The molecule has 0 aliphatic heterocycles. The van der Waals surface area contributed by atoms with Gasteiger partial charge in [-0.05, 0) is 40.9 Å². The first kappa shape index (κ1) is 11.2. The number of hydrogen-bond acceptors (Lipinski definition) is 1. The van der Waals surface area contributed by atoms with Crippen molar-refractivity contribution in [2.45, 2.75) is 38.0 Å². The highest BCUT2D eigenvalue weighted by molar-refractivity contribution is 9.10. The summed E-state index contributed by atoms with van der Waals surface area (Å²) in [5.74, 6) is 0.655. The van der Waals surface area contributed by atoms with Crippen LogP contribution < -0.4 is 0 Å². The fraction of sp³-hybridized carbons (Fsp3) is 0.400. The Labute approximate surface area is 110 Å². The van der Waals surface area contributed by atoms with Crippen LogP contribution in [0.5, 0.6) is 0 Å². The molecule has 0 saturated heterocycles. The number of halogens is 1. The first-order valence-electron chi connectivity index (χ1n) is 6.40. The van der Waals surface area contributed by atoms with Crippen molar-refractivity contribution in [2.75, 3.05) is 0 Å². The van der Waals surface area contributed by atoms with Crippen LogP contribution in [0.1, 0.15) is 43.7 Å². The molecule has 0 spiro atoms. The van der Waals surface area contributed by atoms with E-state index in [4.69, 9.17) is 4.98 Å². The lowest BCUT2D eigenvalue weighted by Crippen LogP contribution is -2.07. The molecule has 1 aliphatic rings. The van der Waals surface area contributed by atoms with Crippen LogP contribution in [0, 0.1) is 0 Å². The Morgan fingerprint density at radius 2 is 1.82 bits per heavy atom. The third-order valence-electron chi connectivity index (χ3n) is 3.70. The molecular weight excluding hydrogens is 274 g/mol. The maximum Gasteiger partial charge on any atom is 0.0706 e. The number of aromatic nitrogens is 1. The van der Waals surface area contributed by atoms with Gasteiger partial charge in [0.25, 0.3) is 0 Å². The van der Waals surface area contributed by atoms with Crippen molar-refractivity contribution in [1.29, 1.82) is 0 Å². The number of fused-ring (bicyclic) bond motifs is 1. The maximum absolute atomic E-state index is 4.85. The van der Waals surface area contributed by atoms with Crippen LogP contribution in [-0.4, -0.2) is 4.98 Å². The number of benzene rings is 1. The van der Waals surface area contributed by atoms with E-state index < -0.39 is 0 Å². The van der Waals surface area contributed by atoms with Gasteiger partial charge in [0.1, 0.15) is 0 Å². The molecule has 3 rings (SSSR count). The van der Waals surface area contributed by atoms with Gasteiger partial charge in [-0.15, -0.1) is 0 Å². The second-order valence-corrected chi connectivity index (χ2v) is 5.74. The number of para-hydroxylation sites is 1. The van der Waals surface area contributed by atoms with Gasteiger partial charge in [0, 0.05) is 15.8 Å². The maximum atomic E-state index is 4.85. The lowest BCUT2D eigenvalue weighted by Gasteiger charge is -2.22. The summed E-state index contributed by atoms with van der Waals surface area (Å²) in [5.41, 5.74) is 2.39. The zero-order valence-corrected chi connectivity index (χ0v) is 11.4. The summed E-state index contributed by atoms with van der Waals surface area (Å²) in [7, 11) is 0. The van der Waals surface area contributed by atoms with Crippen LogP contribution in [0.2, 0.25) is 0 Å². The summed E-state index contributed by atoms with van der Waals surface area (Å²) in [6, 6.07) is 10.6. The van der Waals surface area contributed by atoms with Gasteiger partial charge in [-0.2, -0.15) is 0 Å². The Kier molecular flexibility index (Phi) is 3.15. The highest BCUT2D eigenvalue weighted by Gasteiger charge is 2.19. The van der Waals surface area contributed by atoms with Crippen LogP contribution in [0.25, 0.3) is 10.9 Å². The highest BCUT2D eigenvalue weighted by atomic mass is 79.9. The SMILES string of the molecule is Brc1cc2ccccc2nc1C1CCCCC1. The molecule has 0 unspecified atom stereocenters. The number of hydrogen-bond donors (Lipinski definition) is 0. The molecular formula is C15H16BrN. The van der Waals surface area contributed by atoms with Gasteiger partial charge in [-0.3, -0.25) is 4.98 Å². The van der Waals surface area contributed by atoms with E-state index >= 15 is 0 Å². The van der Waals surface area contributed by atoms with Crippen LogP contribution in [0.3, 0.4) is 0 Å². The van der Waals surface area contributed by atoms with Gasteiger partial charge in [-0.25, -0.2) is 0 Å². The van der Waals surface area contributed by atoms with Crippen LogP contribution in [0.4, 0.5) is 0 Å². The molecule has 17 heavy (non-hydrogen) atoms. The molecule has 2 aromatic rings. The second-order valence-electron chi connectivity index (χ2n) is 4.88. The summed E-state index contributed by atoms with van der Waals surface area (Å²) >= 11 is 3.69. The predicted octanol–water partition coefficient (Wildman–Crippen LogP) is 5.05. The molecule has 0 atom stereocenters. The van der Waals surface area contributed by atoms with E-state index in [0.717, 1.165) is 5.52 Å². The molecule has 0 amide bonds. The topological polar surface area (TPSA) is 12.9 Å². The Bertz CT molecular complexity index is 529. The summed E-state index contributed by atoms with van der Waals surface area (Å²) in [6.07, 6.45) is 6.69. The fourth-order valence-corrected chi connectivity index (χ4v) is 3.43. The van der Waals surface area contributed by atoms with E-state index in [0.29, 0.717) is 5.92 Å². The largest absolute Gasteiger partial charge is 0.251 e. The van der Waals surface area contributed by atoms with Crippen molar-refractivity contribution in [3.63, 3.8) is 0 Å². The van der Waals surface area contributed by atoms with Crippen molar-refractivity contribution in [3.8, 4) is 0 Å². The fourth-order valence-electron chi connectivity index (χ4n) is 2.77. The standard InChI is InChI=1S/C15H16BrN/c16-13-10-12-8-4-5-9-14(12)17-15(13)11-6-2-1-3-7-11/h4-5,8-11H,1-3,6-7H2. The van der Waals surface area contributed by atoms with Crippen LogP contribution in [0.15, 0.2) is 34.8 Å². The molecule has 1 nitrogen and oxygen atoms in total. The molecule has 0 bridgehead atoms. The second kappa shape index (κ2) is 4.77. The van der Waals surface area contributed by atoms with E-state index in [1.54, 1.807) is 0 Å². The quantitative estimate of drug-likeness (QED) is 0.716. The lowest BCUT2D eigenvalue weighted by atomic mass is 9.86. The summed E-state index contributed by atoms with van der Waals surface area (Å²) in [5, 5.41) is 1.22. The van der Waals surface area contributed by atoms with Crippen LogP contribution in [-0.2, 0) is 0 Å². The first-order chi connectivity index (χ1) is 8.34. The van der Waals surface area contributed by atoms with E-state index in [-0.39, 0.29) is 0 Å². The van der Waals surface area contributed by atoms with E-state index in [1.165, 1.54) is 47.7 Å². The van der Waals surface area contributed by atoms with Gasteiger partial charge < -0.3 is 0 Å². The monoisotopic (exact) mass is 289 g/mol. The van der Waals surface area contributed by atoms with E-state index in [2.05, 4.69) is 46.3 Å². The van der Waals surface area contributed by atoms with Crippen molar-refractivity contribution < 1.29 is 0 Å². The molecule has 1 aliphatic carbocycles. The molecule has 88 valence electrons. The van der Waals surface area contributed by atoms with Gasteiger partial charge in [0.15, 0.2) is 0 Å². The molecule has 1 fully saturated rings.